The lowest BCUT2D eigenvalue weighted by Gasteiger charge is -2.43. The maximum Gasteiger partial charge on any atom is 0.156 e. The molecule has 2 aromatic carbocycles. The molecule has 3 heterocycles. The monoisotopic (exact) mass is 422 g/mol. The summed E-state index contributed by atoms with van der Waals surface area (Å²) in [5.41, 5.74) is 8.01. The number of hydrogen-bond acceptors (Lipinski definition) is 7. The summed E-state index contributed by atoms with van der Waals surface area (Å²) < 4.78 is 34.0. The number of fused-ring (bicyclic) bond motifs is 1. The summed E-state index contributed by atoms with van der Waals surface area (Å²) in [6.45, 7) is 3.55. The van der Waals surface area contributed by atoms with Crippen LogP contribution in [0, 0.1) is 18.6 Å². The predicted molar refractivity (Wildman–Crippen MR) is 114 cm³/mol. The van der Waals surface area contributed by atoms with E-state index >= 15 is 0 Å². The number of nitrogens with zero attached hydrogens (tertiary/aromatic N) is 5. The van der Waals surface area contributed by atoms with Crippen molar-refractivity contribution in [2.75, 3.05) is 35.2 Å². The minimum absolute atomic E-state index is 0.0634. The molecule has 9 heteroatoms. The molecule has 0 bridgehead atoms. The van der Waals surface area contributed by atoms with Crippen LogP contribution in [-0.4, -0.2) is 35.0 Å². The molecular weight excluding hydrogens is 402 g/mol. The van der Waals surface area contributed by atoms with E-state index in [2.05, 4.69) is 25.2 Å². The predicted octanol–water partition coefficient (Wildman–Crippen LogP) is 3.85. The number of hydrogen-bond donors (Lipinski definition) is 1. The van der Waals surface area contributed by atoms with Crippen LogP contribution in [0.15, 0.2) is 53.2 Å². The molecule has 0 radical (unpaired) electrons. The van der Waals surface area contributed by atoms with Crippen LogP contribution in [0.1, 0.15) is 17.5 Å². The standard InChI is InChI=1S/C22H20F2N6O/c1-13-7-19(28-31-13)20-12-29(5-6-30(20)16-4-2-3-15(23)9-16)17-8-14-11-26-27-22(25)21(14)18(24)10-17/h2-4,7-11,20H,5-6,12H2,1H3,(H2,25,27)/t20-/m0/s1. The van der Waals surface area contributed by atoms with Gasteiger partial charge in [-0.05, 0) is 37.3 Å². The molecule has 2 aromatic heterocycles. The summed E-state index contributed by atoms with van der Waals surface area (Å²) >= 11 is 0. The van der Waals surface area contributed by atoms with E-state index in [1.54, 1.807) is 6.07 Å². The van der Waals surface area contributed by atoms with Crippen LogP contribution in [0.2, 0.25) is 0 Å². The largest absolute Gasteiger partial charge is 0.382 e. The van der Waals surface area contributed by atoms with Crippen molar-refractivity contribution in [3.63, 3.8) is 0 Å². The molecule has 0 spiro atoms. The minimum Gasteiger partial charge on any atom is -0.382 e. The number of nitrogens with two attached hydrogens (primary N) is 1. The zero-order valence-corrected chi connectivity index (χ0v) is 16.8. The molecule has 31 heavy (non-hydrogen) atoms. The lowest BCUT2D eigenvalue weighted by molar-refractivity contribution is 0.380. The van der Waals surface area contributed by atoms with Gasteiger partial charge < -0.3 is 20.1 Å². The molecule has 0 amide bonds. The third-order valence-electron chi connectivity index (χ3n) is 5.60. The van der Waals surface area contributed by atoms with Crippen LogP contribution in [0.3, 0.4) is 0 Å². The third-order valence-corrected chi connectivity index (χ3v) is 5.60. The van der Waals surface area contributed by atoms with Crippen LogP contribution < -0.4 is 15.5 Å². The Morgan fingerprint density at radius 2 is 1.97 bits per heavy atom. The lowest BCUT2D eigenvalue weighted by atomic mass is 10.0. The molecule has 158 valence electrons. The Labute approximate surface area is 177 Å². The number of halogens is 2. The van der Waals surface area contributed by atoms with Crippen LogP contribution in [0.4, 0.5) is 26.0 Å². The second-order valence-electron chi connectivity index (χ2n) is 7.62. The van der Waals surface area contributed by atoms with Gasteiger partial charge in [0.15, 0.2) is 5.82 Å². The average Bonchev–Trinajstić information content (AvgIpc) is 3.19. The Kier molecular flexibility index (Phi) is 4.65. The average molecular weight is 422 g/mol. The first-order chi connectivity index (χ1) is 15.0. The van der Waals surface area contributed by atoms with Gasteiger partial charge in [-0.2, -0.15) is 5.10 Å². The van der Waals surface area contributed by atoms with E-state index in [0.717, 1.165) is 11.4 Å². The normalized spacial score (nSPS) is 16.8. The molecule has 4 aromatic rings. The fraction of sp³-hybridized carbons (Fsp3) is 0.227. The van der Waals surface area contributed by atoms with E-state index in [1.807, 2.05) is 25.1 Å². The number of aryl methyl sites for hydroxylation is 1. The highest BCUT2D eigenvalue weighted by Crippen LogP contribution is 2.34. The van der Waals surface area contributed by atoms with Crippen molar-refractivity contribution in [2.45, 2.75) is 13.0 Å². The van der Waals surface area contributed by atoms with Gasteiger partial charge in [-0.25, -0.2) is 8.78 Å². The van der Waals surface area contributed by atoms with Gasteiger partial charge in [0.1, 0.15) is 23.1 Å². The van der Waals surface area contributed by atoms with Crippen molar-refractivity contribution in [3.05, 3.63) is 71.8 Å². The summed E-state index contributed by atoms with van der Waals surface area (Å²) in [6, 6.07) is 11.5. The van der Waals surface area contributed by atoms with E-state index in [1.165, 1.54) is 24.4 Å². The van der Waals surface area contributed by atoms with E-state index in [9.17, 15) is 8.78 Å². The third kappa shape index (κ3) is 3.52. The molecule has 1 atom stereocenters. The molecule has 0 unspecified atom stereocenters. The summed E-state index contributed by atoms with van der Waals surface area (Å²) in [7, 11) is 0. The summed E-state index contributed by atoms with van der Waals surface area (Å²) in [6.07, 6.45) is 1.50. The SMILES string of the molecule is Cc1cc([C@@H]2CN(c3cc(F)c4c(N)nncc4c3)CCN2c2cccc(F)c2)no1. The fourth-order valence-corrected chi connectivity index (χ4v) is 4.15. The first kappa shape index (κ1) is 19.2. The van der Waals surface area contributed by atoms with Crippen molar-refractivity contribution in [2.24, 2.45) is 0 Å². The van der Waals surface area contributed by atoms with Gasteiger partial charge in [-0.3, -0.25) is 0 Å². The molecule has 5 rings (SSSR count). The van der Waals surface area contributed by atoms with Crippen molar-refractivity contribution in [3.8, 4) is 0 Å². The number of aromatic nitrogens is 3. The second-order valence-corrected chi connectivity index (χ2v) is 7.62. The Hall–Kier alpha value is -3.75. The fourth-order valence-electron chi connectivity index (χ4n) is 4.15. The minimum atomic E-state index is -0.443. The number of nitrogen functional groups attached to an aromatic ring is 1. The van der Waals surface area contributed by atoms with Gasteiger partial charge in [0, 0.05) is 42.5 Å². The quantitative estimate of drug-likeness (QED) is 0.537. The van der Waals surface area contributed by atoms with Crippen LogP contribution in [0.25, 0.3) is 10.8 Å². The van der Waals surface area contributed by atoms with E-state index in [4.69, 9.17) is 10.3 Å². The van der Waals surface area contributed by atoms with Crippen molar-refractivity contribution in [1.82, 2.24) is 15.4 Å². The Balaban J connectivity index is 1.52. The lowest BCUT2D eigenvalue weighted by Crippen LogP contribution is -2.49. The van der Waals surface area contributed by atoms with Gasteiger partial charge in [-0.15, -0.1) is 5.10 Å². The molecule has 1 aliphatic rings. The number of anilines is 3. The Morgan fingerprint density at radius 3 is 2.74 bits per heavy atom. The zero-order valence-electron chi connectivity index (χ0n) is 16.8. The van der Waals surface area contributed by atoms with E-state index in [-0.39, 0.29) is 23.1 Å². The second kappa shape index (κ2) is 7.50. The Bertz CT molecular complexity index is 1260. The van der Waals surface area contributed by atoms with Crippen molar-refractivity contribution >= 4 is 28.0 Å². The molecule has 2 N–H and O–H groups in total. The zero-order chi connectivity index (χ0) is 21.5. The summed E-state index contributed by atoms with van der Waals surface area (Å²) in [4.78, 5) is 4.17. The summed E-state index contributed by atoms with van der Waals surface area (Å²) in [5, 5.41) is 12.6. The summed E-state index contributed by atoms with van der Waals surface area (Å²) in [5.74, 6) is 0.0112. The molecule has 7 nitrogen and oxygen atoms in total. The molecular formula is C22H20F2N6O. The molecule has 1 aliphatic heterocycles. The van der Waals surface area contributed by atoms with Crippen molar-refractivity contribution in [1.29, 1.82) is 0 Å². The first-order valence-corrected chi connectivity index (χ1v) is 9.90. The van der Waals surface area contributed by atoms with Crippen LogP contribution in [0.5, 0.6) is 0 Å². The topological polar surface area (TPSA) is 84.3 Å². The van der Waals surface area contributed by atoms with Gasteiger partial charge in [-0.1, -0.05) is 11.2 Å². The molecule has 0 aliphatic carbocycles. The molecule has 1 saturated heterocycles. The van der Waals surface area contributed by atoms with E-state index < -0.39 is 5.82 Å². The first-order valence-electron chi connectivity index (χ1n) is 9.90. The van der Waals surface area contributed by atoms with Crippen molar-refractivity contribution < 1.29 is 13.3 Å². The molecule has 0 saturated carbocycles. The van der Waals surface area contributed by atoms with Crippen LogP contribution >= 0.6 is 0 Å². The highest BCUT2D eigenvalue weighted by Gasteiger charge is 2.31. The van der Waals surface area contributed by atoms with Crippen LogP contribution in [-0.2, 0) is 0 Å². The highest BCUT2D eigenvalue weighted by atomic mass is 19.1. The van der Waals surface area contributed by atoms with Gasteiger partial charge >= 0.3 is 0 Å². The van der Waals surface area contributed by atoms with E-state index in [0.29, 0.717) is 36.5 Å². The smallest absolute Gasteiger partial charge is 0.156 e. The van der Waals surface area contributed by atoms with Gasteiger partial charge in [0.2, 0.25) is 0 Å². The maximum absolute atomic E-state index is 14.8. The van der Waals surface area contributed by atoms with Gasteiger partial charge in [0.25, 0.3) is 0 Å². The number of rotatable bonds is 3. The number of piperazine rings is 1. The van der Waals surface area contributed by atoms with Gasteiger partial charge in [0.05, 0.1) is 17.6 Å². The molecule has 1 fully saturated rings. The Morgan fingerprint density at radius 1 is 1.10 bits per heavy atom. The number of benzene rings is 2. The maximum atomic E-state index is 14.8. The highest BCUT2D eigenvalue weighted by molar-refractivity contribution is 5.93.